The molecule has 36 heavy (non-hydrogen) atoms. The summed E-state index contributed by atoms with van der Waals surface area (Å²) in [4.78, 5) is 21.9. The van der Waals surface area contributed by atoms with E-state index in [1.807, 2.05) is 0 Å². The Bertz CT molecular complexity index is 1420. The monoisotopic (exact) mass is 494 g/mol. The summed E-state index contributed by atoms with van der Waals surface area (Å²) in [5.74, 6) is -1.34. The van der Waals surface area contributed by atoms with Crippen molar-refractivity contribution in [2.24, 2.45) is 7.05 Å². The van der Waals surface area contributed by atoms with Crippen molar-refractivity contribution in [3.05, 3.63) is 77.2 Å². The molecule has 1 amide bonds. The highest BCUT2D eigenvalue weighted by atomic mass is 19.1. The van der Waals surface area contributed by atoms with Gasteiger partial charge in [0, 0.05) is 37.2 Å². The average molecular weight is 495 g/mol. The number of benzene rings is 2. The molecule has 2 aromatic carbocycles. The Labute approximate surface area is 205 Å². The first-order valence-electron chi connectivity index (χ1n) is 11.3. The third-order valence-electron chi connectivity index (χ3n) is 6.02. The number of rotatable bonds is 7. The summed E-state index contributed by atoms with van der Waals surface area (Å²) in [5.41, 5.74) is 1.45. The highest BCUT2D eigenvalue weighted by molar-refractivity contribution is 5.98. The maximum absolute atomic E-state index is 14.9. The molecule has 3 heterocycles. The van der Waals surface area contributed by atoms with Crippen LogP contribution in [0.4, 0.5) is 14.7 Å². The van der Waals surface area contributed by atoms with Crippen LogP contribution >= 0.6 is 0 Å². The zero-order valence-electron chi connectivity index (χ0n) is 19.7. The van der Waals surface area contributed by atoms with Crippen LogP contribution in [0, 0.1) is 11.6 Å². The average Bonchev–Trinajstić information content (AvgIpc) is 3.53. The smallest absolute Gasteiger partial charge is 0.252 e. The van der Waals surface area contributed by atoms with Crippen LogP contribution in [0.25, 0.3) is 10.9 Å². The lowest BCUT2D eigenvalue weighted by atomic mass is 10.0. The van der Waals surface area contributed by atoms with E-state index in [0.717, 1.165) is 12.5 Å². The molecule has 0 bridgehead atoms. The number of anilines is 1. The van der Waals surface area contributed by atoms with Crippen LogP contribution in [0.15, 0.2) is 48.9 Å². The Kier molecular flexibility index (Phi) is 6.47. The molecule has 1 unspecified atom stereocenters. The Morgan fingerprint density at radius 1 is 1.19 bits per heavy atom. The van der Waals surface area contributed by atoms with Crippen molar-refractivity contribution in [2.75, 3.05) is 25.6 Å². The zero-order chi connectivity index (χ0) is 25.2. The molecule has 2 atom stereocenters. The summed E-state index contributed by atoms with van der Waals surface area (Å²) >= 11 is 0. The Morgan fingerprint density at radius 2 is 2.06 bits per heavy atom. The number of carbonyl (C=O) groups is 1. The molecule has 186 valence electrons. The highest BCUT2D eigenvalue weighted by Crippen LogP contribution is 2.27. The first-order valence-corrected chi connectivity index (χ1v) is 11.3. The van der Waals surface area contributed by atoms with Crippen LogP contribution in [-0.4, -0.2) is 52.0 Å². The molecule has 2 N–H and O–H groups in total. The van der Waals surface area contributed by atoms with Crippen molar-refractivity contribution in [2.45, 2.75) is 18.5 Å². The molecular formula is C25H24F2N6O3. The largest absolute Gasteiger partial charge is 0.494 e. The number of aryl methyl sites for hydroxylation is 1. The van der Waals surface area contributed by atoms with Gasteiger partial charge in [-0.1, -0.05) is 6.07 Å². The molecule has 2 aromatic heterocycles. The minimum absolute atomic E-state index is 0.0664. The molecule has 0 spiro atoms. The minimum Gasteiger partial charge on any atom is -0.494 e. The van der Waals surface area contributed by atoms with Gasteiger partial charge in [0.2, 0.25) is 5.95 Å². The van der Waals surface area contributed by atoms with Crippen LogP contribution in [0.3, 0.4) is 0 Å². The van der Waals surface area contributed by atoms with E-state index in [-0.39, 0.29) is 28.3 Å². The van der Waals surface area contributed by atoms with Crippen molar-refractivity contribution >= 4 is 22.8 Å². The molecule has 4 aromatic rings. The van der Waals surface area contributed by atoms with Gasteiger partial charge in [-0.15, -0.1) is 0 Å². The predicted molar refractivity (Wildman–Crippen MR) is 128 cm³/mol. The number of aromatic nitrogens is 4. The fourth-order valence-corrected chi connectivity index (χ4v) is 4.15. The van der Waals surface area contributed by atoms with E-state index < -0.39 is 23.6 Å². The van der Waals surface area contributed by atoms with E-state index in [9.17, 15) is 13.6 Å². The Hall–Kier alpha value is -4.12. The summed E-state index contributed by atoms with van der Waals surface area (Å²) in [5, 5.41) is 10.4. The van der Waals surface area contributed by atoms with Gasteiger partial charge in [-0.05, 0) is 36.2 Å². The summed E-state index contributed by atoms with van der Waals surface area (Å²) in [6.45, 7) is 1.19. The Balaban J connectivity index is 1.46. The van der Waals surface area contributed by atoms with Gasteiger partial charge in [0.15, 0.2) is 11.6 Å². The molecule has 1 aliphatic heterocycles. The molecule has 1 fully saturated rings. The van der Waals surface area contributed by atoms with Crippen LogP contribution in [0.1, 0.15) is 33.9 Å². The maximum atomic E-state index is 14.9. The molecule has 9 nitrogen and oxygen atoms in total. The number of hydrogen-bond donors (Lipinski definition) is 2. The quantitative estimate of drug-likeness (QED) is 0.406. The topological polar surface area (TPSA) is 103 Å². The number of fused-ring (bicyclic) bond motifs is 1. The first kappa shape index (κ1) is 23.6. The van der Waals surface area contributed by atoms with Gasteiger partial charge in [-0.25, -0.2) is 18.7 Å². The first-order chi connectivity index (χ1) is 17.4. The van der Waals surface area contributed by atoms with Gasteiger partial charge in [-0.2, -0.15) is 5.10 Å². The number of nitrogens with one attached hydrogen (secondary N) is 2. The maximum Gasteiger partial charge on any atom is 0.252 e. The van der Waals surface area contributed by atoms with E-state index in [0.29, 0.717) is 30.3 Å². The standard InChI is InChI=1S/C25H24F2N6O3/c1-33-12-16(10-29-33)23(14-3-4-22(35-2)20(27)7-14)32-24(34)15-8-19(26)18-11-28-25(31-21(18)9-15)30-17-5-6-36-13-17/h3-4,7-12,17,23H,5-6,13H2,1-2H3,(H,32,34)(H,28,30,31)/t17?,23-/m0/s1. The number of amides is 1. The van der Waals surface area contributed by atoms with Crippen molar-refractivity contribution in [3.63, 3.8) is 0 Å². The van der Waals surface area contributed by atoms with Crippen molar-refractivity contribution in [3.8, 4) is 5.75 Å². The lowest BCUT2D eigenvalue weighted by molar-refractivity contribution is 0.0942. The molecular weight excluding hydrogens is 470 g/mol. The number of carbonyl (C=O) groups excluding carboxylic acids is 1. The third kappa shape index (κ3) is 4.82. The second-order valence-corrected chi connectivity index (χ2v) is 8.54. The SMILES string of the molecule is COc1ccc([C@H](NC(=O)c2cc(F)c3cnc(NC4CCOC4)nc3c2)c2cnn(C)c2)cc1F. The van der Waals surface area contributed by atoms with E-state index in [2.05, 4.69) is 25.7 Å². The van der Waals surface area contributed by atoms with Crippen LogP contribution in [0.2, 0.25) is 0 Å². The molecule has 0 radical (unpaired) electrons. The fraction of sp³-hybridized carbons (Fsp3) is 0.280. The van der Waals surface area contributed by atoms with Crippen molar-refractivity contribution in [1.82, 2.24) is 25.1 Å². The minimum atomic E-state index is -0.740. The number of hydrogen-bond acceptors (Lipinski definition) is 7. The lowest BCUT2D eigenvalue weighted by Crippen LogP contribution is -2.29. The fourth-order valence-electron chi connectivity index (χ4n) is 4.15. The van der Waals surface area contributed by atoms with Gasteiger partial charge in [-0.3, -0.25) is 9.48 Å². The number of nitrogens with zero attached hydrogens (tertiary/aromatic N) is 4. The second-order valence-electron chi connectivity index (χ2n) is 8.54. The van der Waals surface area contributed by atoms with Crippen molar-refractivity contribution in [1.29, 1.82) is 0 Å². The van der Waals surface area contributed by atoms with Gasteiger partial charge < -0.3 is 20.1 Å². The Morgan fingerprint density at radius 3 is 2.75 bits per heavy atom. The second kappa shape index (κ2) is 9.86. The molecule has 11 heteroatoms. The van der Waals surface area contributed by atoms with E-state index in [1.165, 1.54) is 31.5 Å². The van der Waals surface area contributed by atoms with E-state index >= 15 is 0 Å². The summed E-state index contributed by atoms with van der Waals surface area (Å²) < 4.78 is 41.3. The normalized spacial score (nSPS) is 16.2. The highest BCUT2D eigenvalue weighted by Gasteiger charge is 2.22. The van der Waals surface area contributed by atoms with E-state index in [4.69, 9.17) is 9.47 Å². The molecule has 0 saturated carbocycles. The number of halogens is 2. The van der Waals surface area contributed by atoms with Crippen molar-refractivity contribution < 1.29 is 23.0 Å². The third-order valence-corrected chi connectivity index (χ3v) is 6.02. The van der Waals surface area contributed by atoms with Gasteiger partial charge >= 0.3 is 0 Å². The number of methoxy groups -OCH3 is 1. The number of ether oxygens (including phenoxy) is 2. The summed E-state index contributed by atoms with van der Waals surface area (Å²) in [6, 6.07) is 6.39. The summed E-state index contributed by atoms with van der Waals surface area (Å²) in [6.07, 6.45) is 5.49. The van der Waals surface area contributed by atoms with Gasteiger partial charge in [0.25, 0.3) is 5.91 Å². The molecule has 5 rings (SSSR count). The molecule has 0 aliphatic carbocycles. The summed E-state index contributed by atoms with van der Waals surface area (Å²) in [7, 11) is 3.11. The van der Waals surface area contributed by atoms with Crippen LogP contribution in [0.5, 0.6) is 5.75 Å². The van der Waals surface area contributed by atoms with Gasteiger partial charge in [0.1, 0.15) is 5.82 Å². The lowest BCUT2D eigenvalue weighted by Gasteiger charge is -2.19. The van der Waals surface area contributed by atoms with E-state index in [1.54, 1.807) is 30.2 Å². The predicted octanol–water partition coefficient (Wildman–Crippen LogP) is 3.37. The van der Waals surface area contributed by atoms with Crippen LogP contribution < -0.4 is 15.4 Å². The molecule has 1 aliphatic rings. The van der Waals surface area contributed by atoms with Gasteiger partial charge in [0.05, 0.1) is 42.9 Å². The van der Waals surface area contributed by atoms with Crippen LogP contribution in [-0.2, 0) is 11.8 Å². The zero-order valence-corrected chi connectivity index (χ0v) is 19.7. The molecule has 1 saturated heterocycles.